The Labute approximate surface area is 543 Å². The van der Waals surface area contributed by atoms with Crippen molar-refractivity contribution < 1.29 is 80.2 Å². The molecule has 0 aliphatic heterocycles. The highest BCUT2D eigenvalue weighted by atomic mass is 31.2. The van der Waals surface area contributed by atoms with Gasteiger partial charge in [0.2, 0.25) is 0 Å². The first-order chi connectivity index (χ1) is 42.7. The van der Waals surface area contributed by atoms with Crippen LogP contribution in [-0.4, -0.2) is 96.7 Å². The van der Waals surface area contributed by atoms with E-state index in [9.17, 15) is 43.2 Å². The van der Waals surface area contributed by atoms with Crippen molar-refractivity contribution >= 4 is 39.5 Å². The fourth-order valence-corrected chi connectivity index (χ4v) is 12.0. The van der Waals surface area contributed by atoms with Crippen LogP contribution in [0.15, 0.2) is 0 Å². The van der Waals surface area contributed by atoms with E-state index in [1.165, 1.54) is 141 Å². The molecule has 4 unspecified atom stereocenters. The highest BCUT2D eigenvalue weighted by Crippen LogP contribution is 2.45. The molecule has 0 spiro atoms. The van der Waals surface area contributed by atoms with Gasteiger partial charge < -0.3 is 33.8 Å². The van der Waals surface area contributed by atoms with Crippen molar-refractivity contribution in [1.82, 2.24) is 0 Å². The maximum atomic E-state index is 13.0. The second kappa shape index (κ2) is 59.8. The minimum Gasteiger partial charge on any atom is -0.462 e. The third-order valence-electron chi connectivity index (χ3n) is 16.8. The van der Waals surface area contributed by atoms with E-state index in [2.05, 4.69) is 55.4 Å². The number of aliphatic hydroxyl groups is 1. The molecule has 0 bridgehead atoms. The van der Waals surface area contributed by atoms with Gasteiger partial charge in [-0.3, -0.25) is 37.3 Å². The molecule has 0 fully saturated rings. The van der Waals surface area contributed by atoms with E-state index in [-0.39, 0.29) is 25.7 Å². The molecular weight excluding hydrogens is 1170 g/mol. The van der Waals surface area contributed by atoms with Crippen LogP contribution in [0.25, 0.3) is 0 Å². The minimum absolute atomic E-state index is 0.102. The molecule has 0 aromatic heterocycles. The zero-order valence-electron chi connectivity index (χ0n) is 58.1. The van der Waals surface area contributed by atoms with E-state index >= 15 is 0 Å². The molecule has 0 aliphatic rings. The molecule has 0 saturated carbocycles. The average Bonchev–Trinajstić information content (AvgIpc) is 3.65. The number of phosphoric ester groups is 2. The lowest BCUT2D eigenvalue weighted by Gasteiger charge is -2.21. The van der Waals surface area contributed by atoms with Crippen LogP contribution < -0.4 is 0 Å². The van der Waals surface area contributed by atoms with Gasteiger partial charge in [-0.2, -0.15) is 0 Å². The lowest BCUT2D eigenvalue weighted by Crippen LogP contribution is -2.30. The first-order valence-corrected chi connectivity index (χ1v) is 39.3. The zero-order chi connectivity index (χ0) is 66.1. The Morgan fingerprint density at radius 3 is 0.798 bits per heavy atom. The van der Waals surface area contributed by atoms with Crippen LogP contribution in [0.1, 0.15) is 344 Å². The zero-order valence-corrected chi connectivity index (χ0v) is 59.8. The Balaban J connectivity index is 5.22. The van der Waals surface area contributed by atoms with Gasteiger partial charge in [0.25, 0.3) is 0 Å². The number of hydrogen-bond donors (Lipinski definition) is 3. The van der Waals surface area contributed by atoms with Crippen LogP contribution in [-0.2, 0) is 65.4 Å². The maximum absolute atomic E-state index is 13.0. The van der Waals surface area contributed by atoms with Crippen LogP contribution >= 0.6 is 15.6 Å². The summed E-state index contributed by atoms with van der Waals surface area (Å²) >= 11 is 0. The average molecular weight is 1310 g/mol. The Morgan fingerprint density at radius 1 is 0.315 bits per heavy atom. The van der Waals surface area contributed by atoms with Gasteiger partial charge in [-0.05, 0) is 49.4 Å². The summed E-state index contributed by atoms with van der Waals surface area (Å²) in [5.74, 6) is 0.866. The lowest BCUT2D eigenvalue weighted by atomic mass is 9.99. The summed E-state index contributed by atoms with van der Waals surface area (Å²) in [5, 5.41) is 10.6. The molecule has 19 heteroatoms. The molecule has 0 radical (unpaired) electrons. The minimum atomic E-state index is -4.95. The fourth-order valence-electron chi connectivity index (χ4n) is 10.4. The molecule has 17 nitrogen and oxygen atoms in total. The predicted molar refractivity (Wildman–Crippen MR) is 358 cm³/mol. The number of unbranched alkanes of at least 4 members (excludes halogenated alkanes) is 31. The van der Waals surface area contributed by atoms with Crippen LogP contribution in [0, 0.1) is 23.7 Å². The van der Waals surface area contributed by atoms with Gasteiger partial charge in [0.15, 0.2) is 12.2 Å². The highest BCUT2D eigenvalue weighted by Gasteiger charge is 2.30. The number of hydrogen-bond acceptors (Lipinski definition) is 15. The first-order valence-electron chi connectivity index (χ1n) is 36.3. The summed E-state index contributed by atoms with van der Waals surface area (Å²) in [6, 6.07) is 0. The Kier molecular flexibility index (Phi) is 58.5. The first kappa shape index (κ1) is 87.1. The second-order valence-electron chi connectivity index (χ2n) is 26.7. The van der Waals surface area contributed by atoms with Gasteiger partial charge in [-0.15, -0.1) is 0 Å². The lowest BCUT2D eigenvalue weighted by molar-refractivity contribution is -0.161. The summed E-state index contributed by atoms with van der Waals surface area (Å²) in [6.45, 7) is 14.1. The van der Waals surface area contributed by atoms with E-state index in [0.717, 1.165) is 114 Å². The molecule has 0 aliphatic carbocycles. The van der Waals surface area contributed by atoms with Gasteiger partial charge in [-0.25, -0.2) is 9.13 Å². The monoisotopic (exact) mass is 1310 g/mol. The number of carbonyl (C=O) groups excluding carboxylic acids is 4. The summed E-state index contributed by atoms with van der Waals surface area (Å²) in [6.07, 6.45) is 41.8. The number of esters is 4. The molecule has 0 heterocycles. The molecule has 0 rings (SSSR count). The quantitative estimate of drug-likeness (QED) is 0.0222. The summed E-state index contributed by atoms with van der Waals surface area (Å²) < 4.78 is 68.2. The predicted octanol–water partition coefficient (Wildman–Crippen LogP) is 19.7. The SMILES string of the molecule is CCC(C)CCCCCCCCCCCCCCCCC(=O)O[C@H](COC(=O)CCCCCCCCC(C)CC)COP(=O)(O)OC[C@H](O)COP(=O)(O)OC[C@@H](COC(=O)CCCCCCCCCCC(C)C)OC(=O)CCCCCCCCCC(C)C. The van der Waals surface area contributed by atoms with E-state index in [4.69, 9.17) is 37.0 Å². The van der Waals surface area contributed by atoms with Gasteiger partial charge in [0, 0.05) is 25.7 Å². The van der Waals surface area contributed by atoms with Gasteiger partial charge in [0.05, 0.1) is 26.4 Å². The molecule has 0 aromatic rings. The van der Waals surface area contributed by atoms with Gasteiger partial charge in [0.1, 0.15) is 19.3 Å². The van der Waals surface area contributed by atoms with Crippen molar-refractivity contribution in [3.63, 3.8) is 0 Å². The maximum Gasteiger partial charge on any atom is 0.472 e. The Morgan fingerprint density at radius 2 is 0.539 bits per heavy atom. The molecule has 528 valence electrons. The number of aliphatic hydroxyl groups excluding tert-OH is 1. The third-order valence-corrected chi connectivity index (χ3v) is 18.7. The van der Waals surface area contributed by atoms with Crippen LogP contribution in [0.4, 0.5) is 0 Å². The molecular formula is C70H136O17P2. The summed E-state index contributed by atoms with van der Waals surface area (Å²) in [5.41, 5.74) is 0. The van der Waals surface area contributed by atoms with Crippen molar-refractivity contribution in [2.24, 2.45) is 23.7 Å². The normalized spacial score (nSPS) is 14.9. The van der Waals surface area contributed by atoms with Crippen molar-refractivity contribution in [2.45, 2.75) is 363 Å². The van der Waals surface area contributed by atoms with Crippen molar-refractivity contribution in [2.75, 3.05) is 39.6 Å². The highest BCUT2D eigenvalue weighted by molar-refractivity contribution is 7.47. The smallest absolute Gasteiger partial charge is 0.462 e. The van der Waals surface area contributed by atoms with Crippen molar-refractivity contribution in [3.05, 3.63) is 0 Å². The topological polar surface area (TPSA) is 237 Å². The van der Waals surface area contributed by atoms with Gasteiger partial charge in [-0.1, -0.05) is 293 Å². The largest absolute Gasteiger partial charge is 0.472 e. The summed E-state index contributed by atoms with van der Waals surface area (Å²) in [7, 11) is -9.90. The van der Waals surface area contributed by atoms with E-state index in [1.807, 2.05) is 0 Å². The van der Waals surface area contributed by atoms with Crippen LogP contribution in [0.3, 0.4) is 0 Å². The molecule has 0 saturated heterocycles. The van der Waals surface area contributed by atoms with Crippen molar-refractivity contribution in [3.8, 4) is 0 Å². The van der Waals surface area contributed by atoms with E-state index in [1.54, 1.807) is 0 Å². The number of rotatable bonds is 67. The molecule has 3 N–H and O–H groups in total. The Bertz CT molecular complexity index is 1770. The fraction of sp³-hybridized carbons (Fsp3) is 0.943. The van der Waals surface area contributed by atoms with Crippen LogP contribution in [0.2, 0.25) is 0 Å². The number of phosphoric acid groups is 2. The van der Waals surface area contributed by atoms with Gasteiger partial charge >= 0.3 is 39.5 Å². The Hall–Kier alpha value is -1.94. The summed E-state index contributed by atoms with van der Waals surface area (Å²) in [4.78, 5) is 72.5. The standard InChI is InChI=1S/C70H136O17P2/c1-9-62(7)48-40-32-24-17-15-13-11-12-14-16-18-26-36-44-52-69(74)86-66(57-81-68(73)51-43-35-29-28-33-41-49-63(8)10-2)59-85-89(78,79)83-55-64(71)54-82-88(76,77)84-58-65(87-70(75)53-45-37-27-21-23-31-39-47-61(5)6)56-80-67(72)50-42-34-25-20-19-22-30-38-46-60(3)4/h60-66,71H,9-59H2,1-8H3,(H,76,77)(H,78,79)/t62?,63?,64-,65-,66-/m1/s1. The van der Waals surface area contributed by atoms with E-state index in [0.29, 0.717) is 31.6 Å². The molecule has 89 heavy (non-hydrogen) atoms. The molecule has 7 atom stereocenters. The van der Waals surface area contributed by atoms with Crippen LogP contribution in [0.5, 0.6) is 0 Å². The van der Waals surface area contributed by atoms with E-state index < -0.39 is 97.5 Å². The number of carbonyl (C=O) groups is 4. The third kappa shape index (κ3) is 62.0. The molecule has 0 amide bonds. The number of ether oxygens (including phenoxy) is 4. The molecule has 0 aromatic carbocycles. The van der Waals surface area contributed by atoms with Crippen molar-refractivity contribution in [1.29, 1.82) is 0 Å². The second-order valence-corrected chi connectivity index (χ2v) is 29.6.